The lowest BCUT2D eigenvalue weighted by atomic mass is 10.1. The first-order chi connectivity index (χ1) is 10.3. The van der Waals surface area contributed by atoms with Crippen LogP contribution >= 0.6 is 0 Å². The molecule has 0 aliphatic carbocycles. The summed E-state index contributed by atoms with van der Waals surface area (Å²) in [5, 5.41) is 0. The molecule has 0 unspecified atom stereocenters. The molecule has 1 aromatic carbocycles. The molecule has 122 valence electrons. The van der Waals surface area contributed by atoms with Crippen LogP contribution in [0.1, 0.15) is 50.4 Å². The second-order valence-electron chi connectivity index (χ2n) is 6.19. The number of halogens is 1. The number of likely N-dealkylation sites (tertiary alicyclic amines) is 1. The normalized spacial score (nSPS) is 14.6. The number of carbonyl (C=O) groups is 2. The number of carbonyl (C=O) groups excluding carboxylic acids is 2. The van der Waals surface area contributed by atoms with Gasteiger partial charge in [0.25, 0.3) is 12.4 Å². The summed E-state index contributed by atoms with van der Waals surface area (Å²) < 4.78 is 17.2. The lowest BCUT2D eigenvalue weighted by Crippen LogP contribution is -2.35. The molecule has 0 radical (unpaired) electrons. The Morgan fingerprint density at radius 1 is 1.14 bits per heavy atom. The first-order valence-electron chi connectivity index (χ1n) is 7.50. The van der Waals surface area contributed by atoms with Gasteiger partial charge in [-0.05, 0) is 64.3 Å². The third kappa shape index (κ3) is 6.70. The molecule has 0 atom stereocenters. The average Bonchev–Trinajstić information content (AvgIpc) is 2.48. The molecule has 1 fully saturated rings. The maximum absolute atomic E-state index is 12.7. The summed E-state index contributed by atoms with van der Waals surface area (Å²) in [6.07, 6.45) is 3.35. The summed E-state index contributed by atoms with van der Waals surface area (Å²) in [5.41, 5.74) is 0.264. The first kappa shape index (κ1) is 18.1. The lowest BCUT2D eigenvalue weighted by molar-refractivity contribution is -0.138. The molecule has 2 rings (SSSR count). The van der Waals surface area contributed by atoms with Crippen molar-refractivity contribution in [3.63, 3.8) is 0 Å². The van der Waals surface area contributed by atoms with Crippen LogP contribution < -0.4 is 0 Å². The molecule has 5 heteroatoms. The molecular formula is C17H24FNO3. The van der Waals surface area contributed by atoms with Crippen molar-refractivity contribution in [1.82, 2.24) is 4.90 Å². The number of hydrogen-bond acceptors (Lipinski definition) is 3. The summed E-state index contributed by atoms with van der Waals surface area (Å²) in [4.78, 5) is 23.4. The van der Waals surface area contributed by atoms with E-state index in [-0.39, 0.29) is 17.3 Å². The standard InChI is InChI=1S/C12H14FNO.C5H10O2/c13-11-6-4-10(5-7-11)12(15)14-8-2-1-3-9-14;1-5(2,3)7-4-6/h4-7H,1-3,8-9H2;4H,1-3H3. The molecule has 1 amide bonds. The molecule has 0 aromatic heterocycles. The highest BCUT2D eigenvalue weighted by Crippen LogP contribution is 2.13. The van der Waals surface area contributed by atoms with Crippen molar-refractivity contribution in [2.75, 3.05) is 13.1 Å². The smallest absolute Gasteiger partial charge is 0.293 e. The zero-order chi connectivity index (χ0) is 16.6. The van der Waals surface area contributed by atoms with Gasteiger partial charge in [-0.25, -0.2) is 4.39 Å². The Labute approximate surface area is 131 Å². The van der Waals surface area contributed by atoms with Crippen molar-refractivity contribution < 1.29 is 18.7 Å². The quantitative estimate of drug-likeness (QED) is 0.787. The van der Waals surface area contributed by atoms with Gasteiger partial charge >= 0.3 is 0 Å². The topological polar surface area (TPSA) is 46.6 Å². The number of nitrogens with zero attached hydrogens (tertiary/aromatic N) is 1. The van der Waals surface area contributed by atoms with Gasteiger partial charge in [-0.3, -0.25) is 9.59 Å². The summed E-state index contributed by atoms with van der Waals surface area (Å²) in [7, 11) is 0. The minimum atomic E-state index is -0.318. The molecule has 1 aliphatic rings. The average molecular weight is 309 g/mol. The molecule has 0 bridgehead atoms. The Morgan fingerprint density at radius 3 is 2.09 bits per heavy atom. The van der Waals surface area contributed by atoms with Crippen molar-refractivity contribution in [2.24, 2.45) is 0 Å². The van der Waals surface area contributed by atoms with Crippen molar-refractivity contribution in [2.45, 2.75) is 45.6 Å². The number of rotatable bonds is 2. The minimum Gasteiger partial charge on any atom is -0.462 e. The van der Waals surface area contributed by atoms with Gasteiger partial charge in [0.2, 0.25) is 0 Å². The molecular weight excluding hydrogens is 285 g/mol. The van der Waals surface area contributed by atoms with E-state index in [9.17, 15) is 14.0 Å². The van der Waals surface area contributed by atoms with Gasteiger partial charge in [0, 0.05) is 18.7 Å². The van der Waals surface area contributed by atoms with E-state index in [0.717, 1.165) is 25.9 Å². The number of piperidine rings is 1. The zero-order valence-electron chi connectivity index (χ0n) is 13.5. The Morgan fingerprint density at radius 2 is 1.68 bits per heavy atom. The van der Waals surface area contributed by atoms with E-state index in [2.05, 4.69) is 4.74 Å². The Hall–Kier alpha value is -1.91. The molecule has 1 saturated heterocycles. The van der Waals surface area contributed by atoms with E-state index in [0.29, 0.717) is 12.0 Å². The molecule has 0 N–H and O–H groups in total. The van der Waals surface area contributed by atoms with Crippen LogP contribution in [0.5, 0.6) is 0 Å². The third-order valence-corrected chi connectivity index (χ3v) is 3.14. The number of hydrogen-bond donors (Lipinski definition) is 0. The fourth-order valence-electron chi connectivity index (χ4n) is 2.02. The zero-order valence-corrected chi connectivity index (χ0v) is 13.5. The molecule has 1 aromatic rings. The number of ether oxygens (including phenoxy) is 1. The number of amides is 1. The van der Waals surface area contributed by atoms with Gasteiger partial charge in [-0.2, -0.15) is 0 Å². The largest absolute Gasteiger partial charge is 0.462 e. The van der Waals surface area contributed by atoms with E-state index < -0.39 is 0 Å². The highest BCUT2D eigenvalue weighted by Gasteiger charge is 2.17. The first-order valence-corrected chi connectivity index (χ1v) is 7.50. The van der Waals surface area contributed by atoms with Gasteiger partial charge in [0.05, 0.1) is 0 Å². The summed E-state index contributed by atoms with van der Waals surface area (Å²) >= 11 is 0. The van der Waals surface area contributed by atoms with Crippen molar-refractivity contribution >= 4 is 12.4 Å². The summed E-state index contributed by atoms with van der Waals surface area (Å²) in [6.45, 7) is 7.58. The van der Waals surface area contributed by atoms with Gasteiger partial charge in [-0.1, -0.05) is 0 Å². The van der Waals surface area contributed by atoms with Gasteiger partial charge in [-0.15, -0.1) is 0 Å². The van der Waals surface area contributed by atoms with Crippen LogP contribution in [-0.2, 0) is 9.53 Å². The van der Waals surface area contributed by atoms with Crippen LogP contribution in [0.15, 0.2) is 24.3 Å². The van der Waals surface area contributed by atoms with Crippen LogP contribution in [0, 0.1) is 5.82 Å². The second kappa shape index (κ2) is 8.51. The van der Waals surface area contributed by atoms with Crippen LogP contribution in [0.4, 0.5) is 4.39 Å². The van der Waals surface area contributed by atoms with Crippen LogP contribution in [0.25, 0.3) is 0 Å². The molecule has 0 spiro atoms. The van der Waals surface area contributed by atoms with Crippen LogP contribution in [0.2, 0.25) is 0 Å². The Kier molecular flexibility index (Phi) is 7.02. The van der Waals surface area contributed by atoms with Gasteiger partial charge in [0.15, 0.2) is 0 Å². The van der Waals surface area contributed by atoms with E-state index in [1.165, 1.54) is 18.6 Å². The number of benzene rings is 1. The molecule has 22 heavy (non-hydrogen) atoms. The third-order valence-electron chi connectivity index (χ3n) is 3.14. The maximum Gasteiger partial charge on any atom is 0.293 e. The van der Waals surface area contributed by atoms with Crippen molar-refractivity contribution in [3.8, 4) is 0 Å². The molecule has 1 heterocycles. The molecule has 0 saturated carbocycles. The molecule has 1 aliphatic heterocycles. The minimum absolute atomic E-state index is 0.0229. The van der Waals surface area contributed by atoms with E-state index >= 15 is 0 Å². The second-order valence-corrected chi connectivity index (χ2v) is 6.19. The highest BCUT2D eigenvalue weighted by molar-refractivity contribution is 5.94. The van der Waals surface area contributed by atoms with Crippen molar-refractivity contribution in [3.05, 3.63) is 35.6 Å². The Bertz CT molecular complexity index is 474. The van der Waals surface area contributed by atoms with Crippen molar-refractivity contribution in [1.29, 1.82) is 0 Å². The van der Waals surface area contributed by atoms with Gasteiger partial charge in [0.1, 0.15) is 11.4 Å². The fourth-order valence-corrected chi connectivity index (χ4v) is 2.02. The lowest BCUT2D eigenvalue weighted by Gasteiger charge is -2.26. The fraction of sp³-hybridized carbons (Fsp3) is 0.529. The highest BCUT2D eigenvalue weighted by atomic mass is 19.1. The van der Waals surface area contributed by atoms with Gasteiger partial charge < -0.3 is 9.64 Å². The predicted octanol–water partition coefficient (Wildman–Crippen LogP) is 3.41. The molecule has 4 nitrogen and oxygen atoms in total. The van der Waals surface area contributed by atoms with Crippen LogP contribution in [-0.4, -0.2) is 36.0 Å². The monoisotopic (exact) mass is 309 g/mol. The summed E-state index contributed by atoms with van der Waals surface area (Å²) in [5.74, 6) is -0.278. The summed E-state index contributed by atoms with van der Waals surface area (Å²) in [6, 6.07) is 5.76. The Balaban J connectivity index is 0.000000295. The maximum atomic E-state index is 12.7. The van der Waals surface area contributed by atoms with E-state index in [1.54, 1.807) is 12.1 Å². The predicted molar refractivity (Wildman–Crippen MR) is 83.1 cm³/mol. The van der Waals surface area contributed by atoms with E-state index in [4.69, 9.17) is 0 Å². The van der Waals surface area contributed by atoms with E-state index in [1.807, 2.05) is 25.7 Å². The van der Waals surface area contributed by atoms with Crippen LogP contribution in [0.3, 0.4) is 0 Å². The SMILES string of the molecule is CC(C)(C)OC=O.O=C(c1ccc(F)cc1)N1CCCCC1.